The monoisotopic (exact) mass is 358 g/mol. The van der Waals surface area contributed by atoms with Gasteiger partial charge in [-0.25, -0.2) is 4.98 Å². The van der Waals surface area contributed by atoms with Gasteiger partial charge >= 0.3 is 5.97 Å². The number of esters is 1. The first-order chi connectivity index (χ1) is 12.1. The number of ether oxygens (including phenoxy) is 1. The quantitative estimate of drug-likeness (QED) is 0.546. The largest absolute Gasteiger partial charge is 0.508 e. The van der Waals surface area contributed by atoms with Crippen molar-refractivity contribution in [1.29, 1.82) is 0 Å². The first-order valence-corrected chi connectivity index (χ1v) is 7.97. The van der Waals surface area contributed by atoms with Crippen molar-refractivity contribution in [3.63, 3.8) is 0 Å². The minimum atomic E-state index is -0.391. The van der Waals surface area contributed by atoms with Crippen molar-refractivity contribution in [2.75, 3.05) is 6.61 Å². The highest BCUT2D eigenvalue weighted by molar-refractivity contribution is 6.30. The molecule has 0 aliphatic heterocycles. The van der Waals surface area contributed by atoms with Gasteiger partial charge in [-0.1, -0.05) is 11.6 Å². The van der Waals surface area contributed by atoms with E-state index in [9.17, 15) is 9.90 Å². The predicted molar refractivity (Wildman–Crippen MR) is 92.8 cm³/mol. The molecule has 1 N–H and O–H groups in total. The van der Waals surface area contributed by atoms with E-state index in [1.807, 2.05) is 0 Å². The Hall–Kier alpha value is -2.93. The molecule has 3 aromatic rings. The highest BCUT2D eigenvalue weighted by Crippen LogP contribution is 2.27. The molecule has 7 nitrogen and oxygen atoms in total. The average molecular weight is 359 g/mol. The van der Waals surface area contributed by atoms with Crippen LogP contribution in [0.25, 0.3) is 5.65 Å². The maximum absolute atomic E-state index is 11.8. The van der Waals surface area contributed by atoms with E-state index >= 15 is 0 Å². The van der Waals surface area contributed by atoms with Crippen LogP contribution < -0.4 is 0 Å². The molecule has 128 valence electrons. The zero-order chi connectivity index (χ0) is 17.8. The first kappa shape index (κ1) is 16.9. The van der Waals surface area contributed by atoms with E-state index in [4.69, 9.17) is 16.3 Å². The molecule has 0 unspecified atom stereocenters. The van der Waals surface area contributed by atoms with Crippen molar-refractivity contribution >= 4 is 34.7 Å². The fourth-order valence-corrected chi connectivity index (χ4v) is 2.41. The Balaban J connectivity index is 2.01. The molecule has 0 aliphatic carbocycles. The molecule has 3 rings (SSSR count). The summed E-state index contributed by atoms with van der Waals surface area (Å²) in [5, 5.41) is 18.2. The van der Waals surface area contributed by atoms with Gasteiger partial charge in [-0.05, 0) is 43.3 Å². The molecule has 2 heterocycles. The molecule has 0 amide bonds. The van der Waals surface area contributed by atoms with E-state index in [-0.39, 0.29) is 12.2 Å². The maximum Gasteiger partial charge on any atom is 0.312 e. The predicted octanol–water partition coefficient (Wildman–Crippen LogP) is 4.21. The molecule has 0 bridgehead atoms. The molecule has 0 spiro atoms. The van der Waals surface area contributed by atoms with E-state index in [1.165, 1.54) is 12.1 Å². The van der Waals surface area contributed by atoms with E-state index in [2.05, 4.69) is 15.2 Å². The third-order valence-electron chi connectivity index (χ3n) is 3.35. The lowest BCUT2D eigenvalue weighted by Crippen LogP contribution is -2.07. The zero-order valence-corrected chi connectivity index (χ0v) is 14.1. The second-order valence-corrected chi connectivity index (χ2v) is 5.59. The topological polar surface area (TPSA) is 88.5 Å². The fourth-order valence-electron chi connectivity index (χ4n) is 2.25. The molecule has 0 radical (unpaired) electrons. The number of carbonyl (C=O) groups excluding carboxylic acids is 1. The number of azo groups is 1. The number of fused-ring (bicyclic) bond motifs is 1. The lowest BCUT2D eigenvalue weighted by molar-refractivity contribution is -0.142. The number of imidazole rings is 1. The smallest absolute Gasteiger partial charge is 0.312 e. The molecule has 0 fully saturated rings. The molecule has 8 heteroatoms. The molecular formula is C17H15ClN4O3. The Morgan fingerprint density at radius 1 is 1.24 bits per heavy atom. The summed E-state index contributed by atoms with van der Waals surface area (Å²) in [6.07, 6.45) is 1.64. The fraction of sp³-hybridized carbons (Fsp3) is 0.176. The molecule has 25 heavy (non-hydrogen) atoms. The van der Waals surface area contributed by atoms with Gasteiger partial charge in [0.2, 0.25) is 0 Å². The SMILES string of the molecule is CCOC(=O)Cc1nc2ccc(Cl)cn2c1N=Nc1ccc(O)cc1. The van der Waals surface area contributed by atoms with Crippen LogP contribution in [0, 0.1) is 0 Å². The molecule has 0 saturated heterocycles. The number of hydrogen-bond acceptors (Lipinski definition) is 6. The lowest BCUT2D eigenvalue weighted by Gasteiger charge is -2.01. The van der Waals surface area contributed by atoms with Gasteiger partial charge in [-0.2, -0.15) is 0 Å². The van der Waals surface area contributed by atoms with Crippen LogP contribution in [0.1, 0.15) is 12.6 Å². The van der Waals surface area contributed by atoms with Crippen molar-refractivity contribution < 1.29 is 14.6 Å². The summed E-state index contributed by atoms with van der Waals surface area (Å²) in [5.41, 5.74) is 1.60. The van der Waals surface area contributed by atoms with Crippen molar-refractivity contribution in [2.24, 2.45) is 10.2 Å². The van der Waals surface area contributed by atoms with Crippen LogP contribution in [0.2, 0.25) is 5.02 Å². The average Bonchev–Trinajstić information content (AvgIpc) is 2.91. The van der Waals surface area contributed by atoms with Crippen molar-refractivity contribution in [3.05, 3.63) is 53.3 Å². The second-order valence-electron chi connectivity index (χ2n) is 5.16. The number of hydrogen-bond donors (Lipinski definition) is 1. The third kappa shape index (κ3) is 3.95. The van der Waals surface area contributed by atoms with Gasteiger partial charge in [0.05, 0.1) is 29.4 Å². The van der Waals surface area contributed by atoms with Crippen LogP contribution in [-0.2, 0) is 16.0 Å². The maximum atomic E-state index is 11.8. The molecule has 0 atom stereocenters. The summed E-state index contributed by atoms with van der Waals surface area (Å²) >= 11 is 6.05. The van der Waals surface area contributed by atoms with Crippen molar-refractivity contribution in [1.82, 2.24) is 9.38 Å². The Bertz CT molecular complexity index is 935. The standard InChI is InChI=1S/C17H15ClN4O3/c1-2-25-16(24)9-14-17(21-20-12-4-6-13(23)7-5-12)22-10-11(18)3-8-15(22)19-14/h3-8,10,23H,2,9H2,1H3. The van der Waals surface area contributed by atoms with Gasteiger partial charge in [0.1, 0.15) is 11.4 Å². The molecule has 0 saturated carbocycles. The number of carbonyl (C=O) groups is 1. The van der Waals surface area contributed by atoms with Crippen LogP contribution >= 0.6 is 11.6 Å². The summed E-state index contributed by atoms with van der Waals surface area (Å²) in [5.74, 6) is 0.153. The highest BCUT2D eigenvalue weighted by atomic mass is 35.5. The summed E-state index contributed by atoms with van der Waals surface area (Å²) in [6, 6.07) is 9.72. The van der Waals surface area contributed by atoms with Crippen LogP contribution in [0.5, 0.6) is 5.75 Å². The first-order valence-electron chi connectivity index (χ1n) is 7.59. The van der Waals surface area contributed by atoms with Crippen LogP contribution in [0.3, 0.4) is 0 Å². The number of halogens is 1. The van der Waals surface area contributed by atoms with E-state index in [0.29, 0.717) is 34.5 Å². The third-order valence-corrected chi connectivity index (χ3v) is 3.58. The Labute approximate surface area is 148 Å². The van der Waals surface area contributed by atoms with Gasteiger partial charge in [0.25, 0.3) is 0 Å². The van der Waals surface area contributed by atoms with Gasteiger partial charge in [-0.3, -0.25) is 9.20 Å². The number of aromatic hydroxyl groups is 1. The van der Waals surface area contributed by atoms with Crippen LogP contribution in [-0.4, -0.2) is 27.1 Å². The van der Waals surface area contributed by atoms with Gasteiger partial charge in [0.15, 0.2) is 5.82 Å². The summed E-state index contributed by atoms with van der Waals surface area (Å²) in [7, 11) is 0. The van der Waals surface area contributed by atoms with E-state index in [1.54, 1.807) is 41.8 Å². The van der Waals surface area contributed by atoms with Gasteiger partial charge < -0.3 is 9.84 Å². The number of rotatable bonds is 5. The van der Waals surface area contributed by atoms with Crippen molar-refractivity contribution in [3.8, 4) is 5.75 Å². The van der Waals surface area contributed by atoms with Gasteiger partial charge in [0, 0.05) is 6.20 Å². The molecular weight excluding hydrogens is 344 g/mol. The highest BCUT2D eigenvalue weighted by Gasteiger charge is 2.16. The lowest BCUT2D eigenvalue weighted by atomic mass is 10.3. The Kier molecular flexibility index (Phi) is 4.95. The minimum Gasteiger partial charge on any atom is -0.508 e. The normalized spacial score (nSPS) is 11.3. The number of phenolic OH excluding ortho intramolecular Hbond substituents is 1. The van der Waals surface area contributed by atoms with Crippen LogP contribution in [0.4, 0.5) is 11.5 Å². The number of benzene rings is 1. The van der Waals surface area contributed by atoms with E-state index in [0.717, 1.165) is 0 Å². The molecule has 0 aliphatic rings. The van der Waals surface area contributed by atoms with Crippen molar-refractivity contribution in [2.45, 2.75) is 13.3 Å². The number of pyridine rings is 1. The molecule has 1 aromatic carbocycles. The minimum absolute atomic E-state index is 0.0168. The Morgan fingerprint density at radius 3 is 2.72 bits per heavy atom. The second kappa shape index (κ2) is 7.31. The number of nitrogens with zero attached hydrogens (tertiary/aromatic N) is 4. The van der Waals surface area contributed by atoms with E-state index < -0.39 is 5.97 Å². The molecule has 2 aromatic heterocycles. The number of aromatic nitrogens is 2. The Morgan fingerprint density at radius 2 is 2.00 bits per heavy atom. The van der Waals surface area contributed by atoms with Crippen LogP contribution in [0.15, 0.2) is 52.8 Å². The summed E-state index contributed by atoms with van der Waals surface area (Å²) < 4.78 is 6.65. The zero-order valence-electron chi connectivity index (χ0n) is 13.4. The van der Waals surface area contributed by atoms with Gasteiger partial charge in [-0.15, -0.1) is 10.2 Å². The summed E-state index contributed by atoms with van der Waals surface area (Å²) in [6.45, 7) is 2.04. The summed E-state index contributed by atoms with van der Waals surface area (Å²) in [4.78, 5) is 16.2. The number of phenols is 1.